The van der Waals surface area contributed by atoms with Gasteiger partial charge in [0, 0.05) is 12.1 Å². The van der Waals surface area contributed by atoms with Gasteiger partial charge in [0.15, 0.2) is 0 Å². The van der Waals surface area contributed by atoms with Crippen molar-refractivity contribution in [2.24, 2.45) is 0 Å². The Morgan fingerprint density at radius 2 is 1.52 bits per heavy atom. The molecule has 2 aromatic rings. The maximum atomic E-state index is 12.9. The summed E-state index contributed by atoms with van der Waals surface area (Å²) in [6, 6.07) is 18.2. The summed E-state index contributed by atoms with van der Waals surface area (Å²) in [6.07, 6.45) is 3.14. The first-order valence-corrected chi connectivity index (χ1v) is 7.68. The molecule has 0 saturated heterocycles. The van der Waals surface area contributed by atoms with Crippen molar-refractivity contribution in [1.82, 2.24) is 5.32 Å². The van der Waals surface area contributed by atoms with E-state index in [0.29, 0.717) is 12.1 Å². The van der Waals surface area contributed by atoms with Gasteiger partial charge < -0.3 is 5.32 Å². The van der Waals surface area contributed by atoms with Gasteiger partial charge in [0.2, 0.25) is 0 Å². The predicted octanol–water partition coefficient (Wildman–Crippen LogP) is 4.37. The lowest BCUT2D eigenvalue weighted by atomic mass is 10.0. The largest absolute Gasteiger partial charge is 0.311 e. The third-order valence-electron chi connectivity index (χ3n) is 3.73. The van der Waals surface area contributed by atoms with E-state index >= 15 is 0 Å². The molecule has 0 bridgehead atoms. The zero-order valence-corrected chi connectivity index (χ0v) is 12.9. The molecule has 1 N–H and O–H groups in total. The van der Waals surface area contributed by atoms with E-state index in [1.54, 1.807) is 0 Å². The molecular formula is C19H24FN. The summed E-state index contributed by atoms with van der Waals surface area (Å²) in [5, 5.41) is 3.62. The van der Waals surface area contributed by atoms with Gasteiger partial charge in [-0.05, 0) is 56.4 Å². The number of benzene rings is 2. The van der Waals surface area contributed by atoms with Gasteiger partial charge in [0.25, 0.3) is 0 Å². The average molecular weight is 285 g/mol. The molecule has 0 radical (unpaired) electrons. The van der Waals surface area contributed by atoms with E-state index in [1.807, 2.05) is 12.1 Å². The van der Waals surface area contributed by atoms with Gasteiger partial charge in [-0.3, -0.25) is 0 Å². The highest BCUT2D eigenvalue weighted by molar-refractivity contribution is 5.17. The molecule has 0 heterocycles. The monoisotopic (exact) mass is 285 g/mol. The van der Waals surface area contributed by atoms with Gasteiger partial charge in [-0.1, -0.05) is 42.5 Å². The van der Waals surface area contributed by atoms with Gasteiger partial charge >= 0.3 is 0 Å². The molecule has 112 valence electrons. The highest BCUT2D eigenvalue weighted by Crippen LogP contribution is 2.08. The van der Waals surface area contributed by atoms with Crippen LogP contribution in [-0.2, 0) is 12.8 Å². The summed E-state index contributed by atoms with van der Waals surface area (Å²) in [4.78, 5) is 0. The zero-order chi connectivity index (χ0) is 15.1. The Morgan fingerprint density at radius 3 is 2.19 bits per heavy atom. The number of nitrogens with one attached hydrogen (secondary N) is 1. The molecule has 0 aliphatic carbocycles. The van der Waals surface area contributed by atoms with Crippen molar-refractivity contribution in [3.8, 4) is 0 Å². The summed E-state index contributed by atoms with van der Waals surface area (Å²) in [7, 11) is 0. The van der Waals surface area contributed by atoms with Crippen LogP contribution in [0.5, 0.6) is 0 Å². The second-order valence-corrected chi connectivity index (χ2v) is 5.82. The quantitative estimate of drug-likeness (QED) is 0.796. The van der Waals surface area contributed by atoms with E-state index in [1.165, 1.54) is 23.3 Å². The van der Waals surface area contributed by atoms with Crippen molar-refractivity contribution >= 4 is 0 Å². The Hall–Kier alpha value is -1.67. The van der Waals surface area contributed by atoms with E-state index in [9.17, 15) is 4.39 Å². The Morgan fingerprint density at radius 1 is 0.857 bits per heavy atom. The predicted molar refractivity (Wildman–Crippen MR) is 86.9 cm³/mol. The number of aryl methyl sites for hydroxylation is 1. The molecule has 0 spiro atoms. The van der Waals surface area contributed by atoms with Crippen molar-refractivity contribution in [2.45, 2.75) is 45.2 Å². The minimum atomic E-state index is -0.171. The summed E-state index contributed by atoms with van der Waals surface area (Å²) in [5.74, 6) is -0.171. The standard InChI is InChI=1S/C19H24FN/c1-15(8-9-17-6-4-3-5-7-17)21-16(2)14-18-10-12-19(20)13-11-18/h3-7,10-13,15-16,21H,8-9,14H2,1-2H3. The molecule has 0 fully saturated rings. The molecule has 2 unspecified atom stereocenters. The number of hydrogen-bond donors (Lipinski definition) is 1. The molecule has 0 aliphatic heterocycles. The summed E-state index contributed by atoms with van der Waals surface area (Å²) < 4.78 is 12.9. The zero-order valence-electron chi connectivity index (χ0n) is 12.9. The van der Waals surface area contributed by atoms with Crippen molar-refractivity contribution in [2.75, 3.05) is 0 Å². The van der Waals surface area contributed by atoms with E-state index in [2.05, 4.69) is 49.5 Å². The molecule has 2 atom stereocenters. The molecule has 0 aromatic heterocycles. The second-order valence-electron chi connectivity index (χ2n) is 5.82. The molecule has 0 saturated carbocycles. The minimum Gasteiger partial charge on any atom is -0.311 e. The highest BCUT2D eigenvalue weighted by Gasteiger charge is 2.08. The van der Waals surface area contributed by atoms with Crippen LogP contribution >= 0.6 is 0 Å². The van der Waals surface area contributed by atoms with Crippen LogP contribution in [0, 0.1) is 5.82 Å². The summed E-state index contributed by atoms with van der Waals surface area (Å²) in [6.45, 7) is 4.41. The van der Waals surface area contributed by atoms with E-state index < -0.39 is 0 Å². The topological polar surface area (TPSA) is 12.0 Å². The Balaban J connectivity index is 1.74. The lowest BCUT2D eigenvalue weighted by Gasteiger charge is -2.20. The van der Waals surface area contributed by atoms with Crippen LogP contribution in [0.15, 0.2) is 54.6 Å². The maximum Gasteiger partial charge on any atom is 0.123 e. The fourth-order valence-electron chi connectivity index (χ4n) is 2.63. The first-order chi connectivity index (χ1) is 10.1. The molecule has 2 aromatic carbocycles. The SMILES string of the molecule is CC(CCc1ccccc1)NC(C)Cc1ccc(F)cc1. The molecule has 0 amide bonds. The molecular weight excluding hydrogens is 261 g/mol. The lowest BCUT2D eigenvalue weighted by Crippen LogP contribution is -2.36. The van der Waals surface area contributed by atoms with Crippen LogP contribution in [-0.4, -0.2) is 12.1 Å². The van der Waals surface area contributed by atoms with Crippen molar-refractivity contribution < 1.29 is 4.39 Å². The maximum absolute atomic E-state index is 12.9. The van der Waals surface area contributed by atoms with E-state index in [4.69, 9.17) is 0 Å². The molecule has 0 aliphatic rings. The van der Waals surface area contributed by atoms with Gasteiger partial charge in [-0.15, -0.1) is 0 Å². The van der Waals surface area contributed by atoms with Crippen LogP contribution in [0.3, 0.4) is 0 Å². The number of rotatable bonds is 7. The molecule has 21 heavy (non-hydrogen) atoms. The third kappa shape index (κ3) is 5.68. The average Bonchev–Trinajstić information content (AvgIpc) is 2.48. The summed E-state index contributed by atoms with van der Waals surface area (Å²) >= 11 is 0. The van der Waals surface area contributed by atoms with Crippen molar-refractivity contribution in [1.29, 1.82) is 0 Å². The van der Waals surface area contributed by atoms with Crippen LogP contribution in [0.25, 0.3) is 0 Å². The minimum absolute atomic E-state index is 0.171. The fraction of sp³-hybridized carbons (Fsp3) is 0.368. The fourth-order valence-corrected chi connectivity index (χ4v) is 2.63. The molecule has 2 rings (SSSR count). The molecule has 1 nitrogen and oxygen atoms in total. The Bertz CT molecular complexity index is 521. The van der Waals surface area contributed by atoms with E-state index in [-0.39, 0.29) is 5.82 Å². The van der Waals surface area contributed by atoms with Gasteiger partial charge in [0.05, 0.1) is 0 Å². The van der Waals surface area contributed by atoms with Crippen molar-refractivity contribution in [3.05, 3.63) is 71.5 Å². The Kier molecular flexibility index (Phi) is 5.94. The van der Waals surface area contributed by atoms with Crippen LogP contribution in [0.4, 0.5) is 4.39 Å². The van der Waals surface area contributed by atoms with Gasteiger partial charge in [-0.2, -0.15) is 0 Å². The van der Waals surface area contributed by atoms with Crippen LogP contribution in [0.1, 0.15) is 31.4 Å². The summed E-state index contributed by atoms with van der Waals surface area (Å²) in [5.41, 5.74) is 2.56. The first kappa shape index (κ1) is 15.7. The smallest absolute Gasteiger partial charge is 0.123 e. The lowest BCUT2D eigenvalue weighted by molar-refractivity contribution is 0.444. The van der Waals surface area contributed by atoms with E-state index in [0.717, 1.165) is 19.3 Å². The number of halogens is 1. The first-order valence-electron chi connectivity index (χ1n) is 7.68. The molecule has 2 heteroatoms. The van der Waals surface area contributed by atoms with Gasteiger partial charge in [0.1, 0.15) is 5.82 Å². The number of hydrogen-bond acceptors (Lipinski definition) is 1. The highest BCUT2D eigenvalue weighted by atomic mass is 19.1. The Labute approximate surface area is 127 Å². The van der Waals surface area contributed by atoms with Crippen LogP contribution < -0.4 is 5.32 Å². The second kappa shape index (κ2) is 7.94. The van der Waals surface area contributed by atoms with Crippen LogP contribution in [0.2, 0.25) is 0 Å². The third-order valence-corrected chi connectivity index (χ3v) is 3.73. The van der Waals surface area contributed by atoms with Crippen molar-refractivity contribution in [3.63, 3.8) is 0 Å². The van der Waals surface area contributed by atoms with Gasteiger partial charge in [-0.25, -0.2) is 4.39 Å². The normalized spacial score (nSPS) is 13.9.